The van der Waals surface area contributed by atoms with Gasteiger partial charge in [0.05, 0.1) is 31.3 Å². The van der Waals surface area contributed by atoms with Crippen molar-refractivity contribution in [2.75, 3.05) is 7.11 Å². The topological polar surface area (TPSA) is 71.1 Å². The van der Waals surface area contributed by atoms with Crippen LogP contribution in [0.5, 0.6) is 5.75 Å². The Bertz CT molecular complexity index is 961. The summed E-state index contributed by atoms with van der Waals surface area (Å²) in [5, 5.41) is 0. The molecule has 0 radical (unpaired) electrons. The zero-order chi connectivity index (χ0) is 21.8. The quantitative estimate of drug-likeness (QED) is 0.645. The third-order valence-corrected chi connectivity index (χ3v) is 5.78. The molecule has 6 heteroatoms. The van der Waals surface area contributed by atoms with Crippen LogP contribution in [0.3, 0.4) is 0 Å². The van der Waals surface area contributed by atoms with Crippen molar-refractivity contribution in [3.8, 4) is 5.75 Å². The van der Waals surface area contributed by atoms with Crippen LogP contribution in [0.4, 0.5) is 0 Å². The van der Waals surface area contributed by atoms with Gasteiger partial charge in [0.1, 0.15) is 18.1 Å². The molecule has 1 heterocycles. The number of ketones is 1. The van der Waals surface area contributed by atoms with Crippen molar-refractivity contribution in [3.63, 3.8) is 0 Å². The number of hydrogen-bond donors (Lipinski definition) is 0. The number of Topliss-reactive ketones (excluding diaryl/α,β-unsaturated/α-hetero) is 1. The maximum absolute atomic E-state index is 12.9. The van der Waals surface area contributed by atoms with Crippen LogP contribution in [0, 0.1) is 12.8 Å². The molecule has 3 atom stereocenters. The number of aryl methyl sites for hydroxylation is 1. The zero-order valence-electron chi connectivity index (χ0n) is 17.7. The number of allylic oxidation sites excluding steroid dienone is 1. The highest BCUT2D eigenvalue weighted by Gasteiger charge is 2.41. The van der Waals surface area contributed by atoms with Gasteiger partial charge in [-0.05, 0) is 49.6 Å². The molecule has 0 spiro atoms. The summed E-state index contributed by atoms with van der Waals surface area (Å²) in [6.07, 6.45) is 3.40. The second-order valence-corrected chi connectivity index (χ2v) is 7.98. The molecule has 2 aromatic carbocycles. The standard InChI is InChI=1S/C25H26O6/c1-16-3-9-19(10-4-16)31-23-15-30-22-13-20(11-12-21(22)24(23)26)29-14-17-5-7-18(8-6-17)25(27)28-2/h3-10,15,20-22H,11-14H2,1-2H3. The Balaban J connectivity index is 1.31. The predicted molar refractivity (Wildman–Crippen MR) is 113 cm³/mol. The Labute approximate surface area is 181 Å². The van der Waals surface area contributed by atoms with Crippen molar-refractivity contribution in [3.05, 3.63) is 77.2 Å². The van der Waals surface area contributed by atoms with Gasteiger partial charge in [-0.2, -0.15) is 0 Å². The Kier molecular flexibility index (Phi) is 6.37. The molecular weight excluding hydrogens is 396 g/mol. The van der Waals surface area contributed by atoms with Crippen LogP contribution in [0.2, 0.25) is 0 Å². The van der Waals surface area contributed by atoms with Crippen molar-refractivity contribution >= 4 is 11.8 Å². The molecular formula is C25H26O6. The first-order valence-electron chi connectivity index (χ1n) is 10.5. The normalized spacial score (nSPS) is 22.7. The van der Waals surface area contributed by atoms with Crippen molar-refractivity contribution in [1.29, 1.82) is 0 Å². The Morgan fingerprint density at radius 2 is 1.81 bits per heavy atom. The second kappa shape index (κ2) is 9.35. The van der Waals surface area contributed by atoms with Crippen LogP contribution in [0.15, 0.2) is 60.6 Å². The minimum absolute atomic E-state index is 0.00586. The zero-order valence-corrected chi connectivity index (χ0v) is 17.7. The van der Waals surface area contributed by atoms with Gasteiger partial charge in [-0.1, -0.05) is 29.8 Å². The van der Waals surface area contributed by atoms with Gasteiger partial charge in [-0.25, -0.2) is 4.79 Å². The maximum atomic E-state index is 12.9. The number of rotatable bonds is 6. The fourth-order valence-electron chi connectivity index (χ4n) is 3.96. The summed E-state index contributed by atoms with van der Waals surface area (Å²) in [5.41, 5.74) is 2.62. The molecule has 162 valence electrons. The van der Waals surface area contributed by atoms with Crippen molar-refractivity contribution in [2.45, 2.75) is 45.0 Å². The maximum Gasteiger partial charge on any atom is 0.337 e. The molecule has 6 nitrogen and oxygen atoms in total. The molecule has 1 saturated carbocycles. The smallest absolute Gasteiger partial charge is 0.337 e. The number of methoxy groups -OCH3 is 1. The molecule has 0 bridgehead atoms. The lowest BCUT2D eigenvalue weighted by molar-refractivity contribution is -0.134. The van der Waals surface area contributed by atoms with Crippen LogP contribution in [-0.4, -0.2) is 31.1 Å². The van der Waals surface area contributed by atoms with E-state index in [1.165, 1.54) is 13.4 Å². The summed E-state index contributed by atoms with van der Waals surface area (Å²) < 4.78 is 22.4. The van der Waals surface area contributed by atoms with E-state index in [0.717, 1.165) is 17.5 Å². The highest BCUT2D eigenvalue weighted by molar-refractivity contribution is 5.96. The number of benzene rings is 2. The average Bonchev–Trinajstić information content (AvgIpc) is 2.80. The lowest BCUT2D eigenvalue weighted by atomic mass is 9.80. The van der Waals surface area contributed by atoms with Gasteiger partial charge in [0.25, 0.3) is 0 Å². The van der Waals surface area contributed by atoms with E-state index in [9.17, 15) is 9.59 Å². The van der Waals surface area contributed by atoms with Crippen LogP contribution >= 0.6 is 0 Å². The Morgan fingerprint density at radius 1 is 1.06 bits per heavy atom. The number of fused-ring (bicyclic) bond motifs is 1. The van der Waals surface area contributed by atoms with Crippen LogP contribution in [0.1, 0.15) is 40.7 Å². The van der Waals surface area contributed by atoms with Crippen LogP contribution < -0.4 is 4.74 Å². The Morgan fingerprint density at radius 3 is 2.52 bits per heavy atom. The van der Waals surface area contributed by atoms with E-state index in [2.05, 4.69) is 0 Å². The van der Waals surface area contributed by atoms with E-state index < -0.39 is 0 Å². The number of carbonyl (C=O) groups is 2. The Hall–Kier alpha value is -3.12. The van der Waals surface area contributed by atoms with Crippen molar-refractivity contribution in [1.82, 2.24) is 0 Å². The third kappa shape index (κ3) is 4.97. The summed E-state index contributed by atoms with van der Waals surface area (Å²) in [6.45, 7) is 2.44. The molecule has 1 aliphatic heterocycles. The van der Waals surface area contributed by atoms with Crippen molar-refractivity contribution < 1.29 is 28.5 Å². The van der Waals surface area contributed by atoms with Gasteiger partial charge in [-0.3, -0.25) is 4.79 Å². The first-order valence-corrected chi connectivity index (χ1v) is 10.5. The molecule has 3 unspecified atom stereocenters. The van der Waals surface area contributed by atoms with Crippen LogP contribution in [-0.2, 0) is 25.6 Å². The number of carbonyl (C=O) groups excluding carboxylic acids is 2. The molecule has 1 aliphatic carbocycles. The first kappa shape index (κ1) is 21.1. The summed E-state index contributed by atoms with van der Waals surface area (Å²) in [4.78, 5) is 24.4. The molecule has 31 heavy (non-hydrogen) atoms. The van der Waals surface area contributed by atoms with Gasteiger partial charge in [0.15, 0.2) is 0 Å². The summed E-state index contributed by atoms with van der Waals surface area (Å²) in [5.74, 6) is 0.319. The fraction of sp³-hybridized carbons (Fsp3) is 0.360. The summed E-state index contributed by atoms with van der Waals surface area (Å²) >= 11 is 0. The van der Waals surface area contributed by atoms with Crippen LogP contribution in [0.25, 0.3) is 0 Å². The van der Waals surface area contributed by atoms with Gasteiger partial charge in [0, 0.05) is 6.42 Å². The predicted octanol–water partition coefficient (Wildman–Crippen LogP) is 4.36. The molecule has 0 saturated heterocycles. The molecule has 4 rings (SSSR count). The van der Waals surface area contributed by atoms with Gasteiger partial charge in [-0.15, -0.1) is 0 Å². The lowest BCUT2D eigenvalue weighted by Crippen LogP contribution is -2.42. The second-order valence-electron chi connectivity index (χ2n) is 7.98. The first-order chi connectivity index (χ1) is 15.0. The average molecular weight is 422 g/mol. The minimum Gasteiger partial charge on any atom is -0.493 e. The fourth-order valence-corrected chi connectivity index (χ4v) is 3.96. The molecule has 1 fully saturated rings. The van der Waals surface area contributed by atoms with E-state index in [1.807, 2.05) is 43.3 Å². The van der Waals surface area contributed by atoms with Gasteiger partial charge in [0.2, 0.25) is 11.5 Å². The lowest BCUT2D eigenvalue weighted by Gasteiger charge is -2.37. The minimum atomic E-state index is -0.358. The van der Waals surface area contributed by atoms with Gasteiger partial charge >= 0.3 is 5.97 Å². The number of esters is 1. The largest absolute Gasteiger partial charge is 0.493 e. The van der Waals surface area contributed by atoms with E-state index >= 15 is 0 Å². The van der Waals surface area contributed by atoms with E-state index in [1.54, 1.807) is 12.1 Å². The third-order valence-electron chi connectivity index (χ3n) is 5.78. The molecule has 0 amide bonds. The SMILES string of the molecule is COC(=O)c1ccc(COC2CCC3C(=O)C(Oc4ccc(C)cc4)=COC3C2)cc1. The summed E-state index contributed by atoms with van der Waals surface area (Å²) in [7, 11) is 1.36. The van der Waals surface area contributed by atoms with E-state index in [4.69, 9.17) is 18.9 Å². The molecule has 0 N–H and O–H groups in total. The van der Waals surface area contributed by atoms with Crippen molar-refractivity contribution in [2.24, 2.45) is 5.92 Å². The van der Waals surface area contributed by atoms with E-state index in [0.29, 0.717) is 30.8 Å². The monoisotopic (exact) mass is 422 g/mol. The molecule has 2 aliphatic rings. The van der Waals surface area contributed by atoms with E-state index in [-0.39, 0.29) is 35.6 Å². The highest BCUT2D eigenvalue weighted by Crippen LogP contribution is 2.35. The number of ether oxygens (including phenoxy) is 4. The van der Waals surface area contributed by atoms with Gasteiger partial charge < -0.3 is 18.9 Å². The number of hydrogen-bond acceptors (Lipinski definition) is 6. The summed E-state index contributed by atoms with van der Waals surface area (Å²) in [6, 6.07) is 14.7. The molecule has 0 aromatic heterocycles. The highest BCUT2D eigenvalue weighted by atomic mass is 16.5. The molecule has 2 aromatic rings.